The van der Waals surface area contributed by atoms with Gasteiger partial charge in [-0.15, -0.1) is 11.6 Å². The fourth-order valence-electron chi connectivity index (χ4n) is 1.01. The highest BCUT2D eigenvalue weighted by Gasteiger charge is 2.20. The van der Waals surface area contributed by atoms with Gasteiger partial charge in [0.2, 0.25) is 0 Å². The normalized spacial score (nSPS) is 36.9. The zero-order chi connectivity index (χ0) is 6.85. The van der Waals surface area contributed by atoms with Gasteiger partial charge in [0.05, 0.1) is 0 Å². The second kappa shape index (κ2) is 3.07. The molecule has 9 heavy (non-hydrogen) atoms. The van der Waals surface area contributed by atoms with Gasteiger partial charge in [-0.2, -0.15) is 0 Å². The van der Waals surface area contributed by atoms with Crippen molar-refractivity contribution in [1.29, 1.82) is 0 Å². The van der Waals surface area contributed by atoms with E-state index in [9.17, 15) is 0 Å². The van der Waals surface area contributed by atoms with Crippen LogP contribution in [-0.2, 0) is 0 Å². The lowest BCUT2D eigenvalue weighted by atomic mass is 9.96. The van der Waals surface area contributed by atoms with Crippen molar-refractivity contribution in [3.63, 3.8) is 0 Å². The summed E-state index contributed by atoms with van der Waals surface area (Å²) in [6.45, 7) is 3.92. The van der Waals surface area contributed by atoms with Crippen molar-refractivity contribution in [3.05, 3.63) is 12.2 Å². The van der Waals surface area contributed by atoms with Gasteiger partial charge in [0.15, 0.2) is 0 Å². The van der Waals surface area contributed by atoms with Crippen molar-refractivity contribution in [2.45, 2.75) is 29.5 Å². The summed E-state index contributed by atoms with van der Waals surface area (Å²) < 4.78 is 0. The minimum absolute atomic E-state index is 0.361. The Morgan fingerprint density at radius 3 is 2.78 bits per heavy atom. The van der Waals surface area contributed by atoms with E-state index in [0.29, 0.717) is 10.2 Å². The fourth-order valence-corrected chi connectivity index (χ4v) is 2.19. The Hall–Kier alpha value is 0.510. The molecule has 2 unspecified atom stereocenters. The number of halogens is 2. The molecule has 1 aliphatic carbocycles. The van der Waals surface area contributed by atoms with Gasteiger partial charge in [0, 0.05) is 10.2 Å². The molecule has 0 nitrogen and oxygen atoms in total. The van der Waals surface area contributed by atoms with E-state index in [2.05, 4.69) is 22.5 Å². The third kappa shape index (κ3) is 1.98. The van der Waals surface area contributed by atoms with Crippen molar-refractivity contribution in [3.8, 4) is 0 Å². The summed E-state index contributed by atoms with van der Waals surface area (Å²) in [5, 5.41) is 0.361. The van der Waals surface area contributed by atoms with E-state index in [4.69, 9.17) is 11.6 Å². The summed E-state index contributed by atoms with van der Waals surface area (Å²) in [5.74, 6) is 0. The van der Waals surface area contributed by atoms with Gasteiger partial charge in [-0.3, -0.25) is 0 Å². The number of rotatable bonds is 0. The molecule has 2 atom stereocenters. The largest absolute Gasteiger partial charge is 0.123 e. The summed E-state index contributed by atoms with van der Waals surface area (Å²) in [7, 11) is 0. The topological polar surface area (TPSA) is 0 Å². The number of alkyl halides is 2. The minimum Gasteiger partial charge on any atom is -0.123 e. The smallest absolute Gasteiger partial charge is 0.0366 e. The first kappa shape index (κ1) is 7.62. The van der Waals surface area contributed by atoms with Crippen molar-refractivity contribution >= 4 is 27.5 Å². The van der Waals surface area contributed by atoms with Crippen LogP contribution in [0, 0.1) is 0 Å². The van der Waals surface area contributed by atoms with Crippen molar-refractivity contribution < 1.29 is 0 Å². The monoisotopic (exact) mass is 208 g/mol. The van der Waals surface area contributed by atoms with Crippen molar-refractivity contribution in [1.82, 2.24) is 0 Å². The molecule has 0 aliphatic heterocycles. The van der Waals surface area contributed by atoms with Crippen LogP contribution in [0.25, 0.3) is 0 Å². The van der Waals surface area contributed by atoms with Crippen LogP contribution in [0.5, 0.6) is 0 Å². The Balaban J connectivity index is 2.44. The zero-order valence-electron chi connectivity index (χ0n) is 5.24. The van der Waals surface area contributed by atoms with E-state index in [1.807, 2.05) is 0 Å². The first-order valence-corrected chi connectivity index (χ1v) is 4.51. The molecule has 1 saturated carbocycles. The second-order valence-electron chi connectivity index (χ2n) is 2.50. The minimum atomic E-state index is 0.361. The average Bonchev–Trinajstić information content (AvgIpc) is 1.80. The molecule has 0 amide bonds. The molecule has 0 heterocycles. The molecular formula is C7H10BrCl. The fraction of sp³-hybridized carbons (Fsp3) is 0.714. The molecule has 0 spiro atoms. The lowest BCUT2D eigenvalue weighted by Gasteiger charge is -2.22. The number of hydrogen-bond donors (Lipinski definition) is 0. The Labute approximate surface area is 69.4 Å². The van der Waals surface area contributed by atoms with Gasteiger partial charge < -0.3 is 0 Å². The third-order valence-electron chi connectivity index (χ3n) is 1.68. The molecular weight excluding hydrogens is 199 g/mol. The Morgan fingerprint density at radius 2 is 2.33 bits per heavy atom. The highest BCUT2D eigenvalue weighted by molar-refractivity contribution is 9.09. The van der Waals surface area contributed by atoms with Gasteiger partial charge >= 0.3 is 0 Å². The van der Waals surface area contributed by atoms with Crippen molar-refractivity contribution in [2.24, 2.45) is 0 Å². The van der Waals surface area contributed by atoms with Gasteiger partial charge in [0.1, 0.15) is 0 Å². The number of allylic oxidation sites excluding steroid dienone is 1. The van der Waals surface area contributed by atoms with Crippen LogP contribution >= 0.6 is 27.5 Å². The molecule has 0 N–H and O–H groups in total. The van der Waals surface area contributed by atoms with Crippen LogP contribution in [0.4, 0.5) is 0 Å². The van der Waals surface area contributed by atoms with Gasteiger partial charge in [0.25, 0.3) is 0 Å². The Bertz CT molecular complexity index is 122. The molecule has 0 aromatic rings. The first-order valence-electron chi connectivity index (χ1n) is 3.16. The molecule has 0 saturated heterocycles. The van der Waals surface area contributed by atoms with E-state index in [1.54, 1.807) is 0 Å². The van der Waals surface area contributed by atoms with Gasteiger partial charge in [-0.1, -0.05) is 28.1 Å². The van der Waals surface area contributed by atoms with Crippen LogP contribution in [-0.4, -0.2) is 10.2 Å². The van der Waals surface area contributed by atoms with Crippen LogP contribution in [0.3, 0.4) is 0 Å². The highest BCUT2D eigenvalue weighted by atomic mass is 79.9. The van der Waals surface area contributed by atoms with E-state index >= 15 is 0 Å². The van der Waals surface area contributed by atoms with Crippen LogP contribution in [0.15, 0.2) is 12.2 Å². The highest BCUT2D eigenvalue weighted by Crippen LogP contribution is 2.30. The van der Waals surface area contributed by atoms with Crippen LogP contribution < -0.4 is 0 Å². The maximum Gasteiger partial charge on any atom is 0.0366 e. The predicted octanol–water partition coefficient (Wildman–Crippen LogP) is 3.10. The quantitative estimate of drug-likeness (QED) is 0.425. The van der Waals surface area contributed by atoms with E-state index in [1.165, 1.54) is 5.57 Å². The first-order chi connectivity index (χ1) is 4.20. The van der Waals surface area contributed by atoms with Gasteiger partial charge in [-0.05, 0) is 19.3 Å². The molecule has 0 radical (unpaired) electrons. The average molecular weight is 210 g/mol. The maximum absolute atomic E-state index is 5.91. The van der Waals surface area contributed by atoms with E-state index in [0.717, 1.165) is 19.3 Å². The second-order valence-corrected chi connectivity index (χ2v) is 4.22. The molecule has 0 aromatic carbocycles. The Morgan fingerprint density at radius 1 is 1.67 bits per heavy atom. The summed E-state index contributed by atoms with van der Waals surface area (Å²) in [4.78, 5) is 0.466. The van der Waals surface area contributed by atoms with Crippen LogP contribution in [0.2, 0.25) is 0 Å². The molecule has 52 valence electrons. The predicted molar refractivity (Wildman–Crippen MR) is 45.3 cm³/mol. The number of hydrogen-bond acceptors (Lipinski definition) is 0. The molecule has 1 aliphatic rings. The molecule has 0 aromatic heterocycles. The molecule has 1 fully saturated rings. The summed E-state index contributed by atoms with van der Waals surface area (Å²) >= 11 is 9.42. The Kier molecular flexibility index (Phi) is 2.59. The zero-order valence-corrected chi connectivity index (χ0v) is 7.58. The van der Waals surface area contributed by atoms with Crippen LogP contribution in [0.1, 0.15) is 19.3 Å². The van der Waals surface area contributed by atoms with Gasteiger partial charge in [-0.25, -0.2) is 0 Å². The summed E-state index contributed by atoms with van der Waals surface area (Å²) in [5.41, 5.74) is 1.30. The van der Waals surface area contributed by atoms with Crippen molar-refractivity contribution in [2.75, 3.05) is 0 Å². The lowest BCUT2D eigenvalue weighted by molar-refractivity contribution is 0.624. The standard InChI is InChI=1S/C7H10BrCl/c1-5-2-3-6(9)4-7(5)8/h6-7H,1-4H2. The molecule has 1 rings (SSSR count). The summed E-state index contributed by atoms with van der Waals surface area (Å²) in [6, 6.07) is 0. The van der Waals surface area contributed by atoms with E-state index < -0.39 is 0 Å². The lowest BCUT2D eigenvalue weighted by Crippen LogP contribution is -2.16. The third-order valence-corrected chi connectivity index (χ3v) is 3.10. The SMILES string of the molecule is C=C1CCC(Cl)CC1Br. The van der Waals surface area contributed by atoms with E-state index in [-0.39, 0.29) is 0 Å². The molecule has 0 bridgehead atoms. The summed E-state index contributed by atoms with van der Waals surface area (Å²) in [6.07, 6.45) is 3.23. The maximum atomic E-state index is 5.91. The molecule has 2 heteroatoms.